The fraction of sp³-hybridized carbons (Fsp3) is 0.812. The molecule has 1 aromatic carbocycles. The number of aliphatic hydroxyl groups excluding tert-OH is 11. The van der Waals surface area contributed by atoms with Crippen molar-refractivity contribution in [3.8, 4) is 5.75 Å². The highest BCUT2D eigenvalue weighted by Crippen LogP contribution is 2.52. The number of carbonyl (C=O) groups is 4. The van der Waals surface area contributed by atoms with Crippen LogP contribution in [0.1, 0.15) is 103 Å². The molecule has 8 saturated heterocycles. The van der Waals surface area contributed by atoms with Gasteiger partial charge in [-0.25, -0.2) is 0 Å². The van der Waals surface area contributed by atoms with Crippen molar-refractivity contribution in [2.24, 2.45) is 5.92 Å². The number of aliphatic hydroxyl groups is 12. The lowest BCUT2D eigenvalue weighted by Crippen LogP contribution is -2.74. The summed E-state index contributed by atoms with van der Waals surface area (Å²) in [5.41, 5.74) is -2.28. The number of likely N-dealkylation sites (N-methyl/N-ethyl adjacent to an activating group) is 1. The topological polar surface area (TPSA) is 485 Å². The first-order valence-electron chi connectivity index (χ1n) is 33.7. The molecule has 0 aliphatic carbocycles. The van der Waals surface area contributed by atoms with E-state index in [2.05, 4.69) is 40.3 Å². The molecule has 9 rings (SSSR count). The zero-order chi connectivity index (χ0) is 71.1. The lowest BCUT2D eigenvalue weighted by Gasteiger charge is -2.54. The molecule has 34 nitrogen and oxygen atoms in total. The third-order valence-electron chi connectivity index (χ3n) is 19.3. The van der Waals surface area contributed by atoms with Crippen LogP contribution < -0.4 is 26.0 Å². The monoisotopic (exact) mass is 1400 g/mol. The highest BCUT2D eigenvalue weighted by molar-refractivity contribution is 5.97. The molecule has 8 aliphatic heterocycles. The molecule has 16 N–H and O–H groups in total. The maximum atomic E-state index is 14.7. The molecule has 0 radical (unpaired) electrons. The standard InChI is InChI=1S/C64H101N5O29/c1-8-9-10-11-12-13-14-15-16-20-86-35-19-17-18-33(21-35)57(84)69-41-22-36(77)45(78)37(24-71)97-64(41,69)98-51-34(23-70)27-87-58(44(48(51)81)67-31(4)75)92-52-38(25-72)90-59(43(65-7)47(52)80)95-56-39(26-73)91-62(55(63(56,6)85)68-32(5)76)93-53-40(89-29(2)42(46(53)79)66-30(3)74)28-88-60-50(83)49(82)54-61(94-54)96-60/h13-14,17-19,21,29,34,36-56,58-62,65,70-73,77-83,85H,8-12,15-16,20,22-28H2,1-7H3,(H,66,74)(H,67,75)(H,68,76). The van der Waals surface area contributed by atoms with E-state index in [1.807, 2.05) is 0 Å². The number of hydrogen-bond donors (Lipinski definition) is 16. The molecular formula is C64H101N5O29. The first-order valence-corrected chi connectivity index (χ1v) is 33.7. The molecule has 556 valence electrons. The van der Waals surface area contributed by atoms with E-state index in [1.54, 1.807) is 19.1 Å². The molecule has 1 aromatic rings. The number of benzene rings is 1. The minimum Gasteiger partial charge on any atom is -0.494 e. The fourth-order valence-electron chi connectivity index (χ4n) is 13.9. The van der Waals surface area contributed by atoms with E-state index in [4.69, 9.17) is 61.6 Å². The van der Waals surface area contributed by atoms with Gasteiger partial charge in [-0.1, -0.05) is 44.4 Å². The summed E-state index contributed by atoms with van der Waals surface area (Å²) in [6, 6.07) is -0.788. The number of rotatable bonds is 30. The molecular weight excluding hydrogens is 1300 g/mol. The summed E-state index contributed by atoms with van der Waals surface area (Å²) >= 11 is 0. The Morgan fingerprint density at radius 1 is 0.663 bits per heavy atom. The summed E-state index contributed by atoms with van der Waals surface area (Å²) < 4.78 is 79.9. The second-order valence-electron chi connectivity index (χ2n) is 26.5. The Hall–Kier alpha value is -4.36. The van der Waals surface area contributed by atoms with Gasteiger partial charge in [-0.2, -0.15) is 0 Å². The van der Waals surface area contributed by atoms with Gasteiger partial charge in [-0.05, 0) is 64.8 Å². The number of carbonyl (C=O) groups excluding carboxylic acids is 4. The van der Waals surface area contributed by atoms with Gasteiger partial charge in [-0.3, -0.25) is 24.1 Å². The molecule has 8 aliphatic rings. The number of fused-ring (bicyclic) bond motifs is 2. The Labute approximate surface area is 566 Å². The van der Waals surface area contributed by atoms with E-state index in [-0.39, 0.29) is 12.0 Å². The van der Waals surface area contributed by atoms with E-state index in [0.717, 1.165) is 44.4 Å². The number of unbranched alkanes of at least 4 members (excludes halogenated alkanes) is 5. The Bertz CT molecular complexity index is 2800. The molecule has 0 aromatic heterocycles. The van der Waals surface area contributed by atoms with Crippen LogP contribution in [-0.4, -0.2) is 320 Å². The van der Waals surface area contributed by atoms with Crippen LogP contribution in [0.4, 0.5) is 0 Å². The van der Waals surface area contributed by atoms with E-state index >= 15 is 0 Å². The molecule has 34 heteroatoms. The molecule has 0 saturated carbocycles. The van der Waals surface area contributed by atoms with E-state index in [1.165, 1.54) is 45.9 Å². The Balaban J connectivity index is 0.914. The third kappa shape index (κ3) is 17.5. The van der Waals surface area contributed by atoms with Gasteiger partial charge in [0.1, 0.15) is 115 Å². The van der Waals surface area contributed by atoms with Crippen molar-refractivity contribution in [1.29, 1.82) is 0 Å². The van der Waals surface area contributed by atoms with E-state index in [0.29, 0.717) is 18.8 Å². The third-order valence-corrected chi connectivity index (χ3v) is 19.3. The first-order chi connectivity index (χ1) is 46.8. The quantitative estimate of drug-likeness (QED) is 0.0195. The summed E-state index contributed by atoms with van der Waals surface area (Å²) in [5.74, 6) is -5.89. The predicted molar refractivity (Wildman–Crippen MR) is 332 cm³/mol. The summed E-state index contributed by atoms with van der Waals surface area (Å²) in [4.78, 5) is 54.5. The van der Waals surface area contributed by atoms with Gasteiger partial charge in [0.15, 0.2) is 31.5 Å². The van der Waals surface area contributed by atoms with Crippen LogP contribution in [0.5, 0.6) is 5.75 Å². The van der Waals surface area contributed by atoms with Crippen molar-refractivity contribution in [2.75, 3.05) is 53.3 Å². The first kappa shape index (κ1) is 77.8. The smallest absolute Gasteiger partial charge is 0.277 e. The maximum Gasteiger partial charge on any atom is 0.277 e. The minimum atomic E-state index is -2.38. The van der Waals surface area contributed by atoms with Gasteiger partial charge < -0.3 is 144 Å². The SMILES string of the molecule is CCCCCCC=CCCCOc1cccc(C(=O)N2C3CC(O)C(O)C(CO)OC32OC2C(CO)COC(OC3C(CO)OC(OC4C(CO)OC(OC5C(COC6OC7OC7C(O)C6O)OC(C)C(NC(C)=O)C5O)C(NC(C)=O)C4(C)O)C(NC)C3O)C(NC(C)=O)C2O)c1. The maximum absolute atomic E-state index is 14.7. The lowest BCUT2D eigenvalue weighted by atomic mass is 9.83. The molecule has 8 fully saturated rings. The fourth-order valence-corrected chi connectivity index (χ4v) is 13.9. The number of ether oxygens (including phenoxy) is 13. The predicted octanol–water partition coefficient (Wildman–Crippen LogP) is -5.16. The Morgan fingerprint density at radius 2 is 1.31 bits per heavy atom. The number of allylic oxidation sites excluding steroid dienone is 2. The van der Waals surface area contributed by atoms with Gasteiger partial charge in [0.25, 0.3) is 11.8 Å². The van der Waals surface area contributed by atoms with E-state index < -0.39 is 246 Å². The normalized spacial score (nSPS) is 42.4. The average molecular weight is 1400 g/mol. The highest BCUT2D eigenvalue weighted by atomic mass is 16.8. The number of nitrogens with zero attached hydrogens (tertiary/aromatic N) is 1. The van der Waals surface area contributed by atoms with Crippen molar-refractivity contribution < 1.29 is 142 Å². The summed E-state index contributed by atoms with van der Waals surface area (Å²) in [6.45, 7) is 4.12. The molecule has 8 heterocycles. The van der Waals surface area contributed by atoms with Gasteiger partial charge in [0.2, 0.25) is 17.7 Å². The molecule has 98 heavy (non-hydrogen) atoms. The number of hydrogen-bond acceptors (Lipinski definition) is 30. The van der Waals surface area contributed by atoms with Gasteiger partial charge >= 0.3 is 0 Å². The van der Waals surface area contributed by atoms with Crippen molar-refractivity contribution in [1.82, 2.24) is 26.2 Å². The van der Waals surface area contributed by atoms with Crippen molar-refractivity contribution in [3.63, 3.8) is 0 Å². The molecule has 0 spiro atoms. The van der Waals surface area contributed by atoms with E-state index in [9.17, 15) is 80.5 Å². The molecule has 4 amide bonds. The zero-order valence-corrected chi connectivity index (χ0v) is 56.0. The van der Waals surface area contributed by atoms with Crippen molar-refractivity contribution in [2.45, 2.75) is 270 Å². The van der Waals surface area contributed by atoms with Crippen LogP contribution in [0.15, 0.2) is 36.4 Å². The summed E-state index contributed by atoms with van der Waals surface area (Å²) in [5, 5.41) is 147. The molecule has 30 atom stereocenters. The van der Waals surface area contributed by atoms with Gasteiger partial charge in [0.05, 0.1) is 76.6 Å². The Kier molecular flexibility index (Phi) is 27.2. The number of amides is 4. The van der Waals surface area contributed by atoms with Crippen molar-refractivity contribution in [3.05, 3.63) is 42.0 Å². The minimum absolute atomic E-state index is 0.0961. The average Bonchev–Trinajstić information content (AvgIpc) is 1.52. The van der Waals surface area contributed by atoms with Crippen LogP contribution in [0.25, 0.3) is 0 Å². The Morgan fingerprint density at radius 3 is 1.97 bits per heavy atom. The van der Waals surface area contributed by atoms with Crippen molar-refractivity contribution >= 4 is 23.6 Å². The zero-order valence-electron chi connectivity index (χ0n) is 56.0. The second-order valence-corrected chi connectivity index (χ2v) is 26.5. The van der Waals surface area contributed by atoms with Gasteiger partial charge in [-0.15, -0.1) is 0 Å². The summed E-state index contributed by atoms with van der Waals surface area (Å²) in [6.07, 6.45) is -22.5. The van der Waals surface area contributed by atoms with Crippen LogP contribution in [-0.2, 0) is 71.2 Å². The number of epoxide rings is 1. The van der Waals surface area contributed by atoms with Crippen LogP contribution in [0.2, 0.25) is 0 Å². The van der Waals surface area contributed by atoms with Crippen LogP contribution in [0.3, 0.4) is 0 Å². The van der Waals surface area contributed by atoms with Crippen LogP contribution in [0, 0.1) is 5.92 Å². The van der Waals surface area contributed by atoms with Gasteiger partial charge in [0, 0.05) is 38.7 Å². The molecule has 0 bridgehead atoms. The molecule has 30 unspecified atom stereocenters. The highest BCUT2D eigenvalue weighted by Gasteiger charge is 2.74. The lowest BCUT2D eigenvalue weighted by molar-refractivity contribution is -0.368. The summed E-state index contributed by atoms with van der Waals surface area (Å²) in [7, 11) is 1.38. The second kappa shape index (κ2) is 34.3. The number of nitrogens with one attached hydrogen (secondary N) is 4. The largest absolute Gasteiger partial charge is 0.494 e. The van der Waals surface area contributed by atoms with Crippen LogP contribution >= 0.6 is 0 Å².